The number of benzene rings is 1. The summed E-state index contributed by atoms with van der Waals surface area (Å²) >= 11 is 5.94. The van der Waals surface area contributed by atoms with Crippen LogP contribution in [0.4, 0.5) is 0 Å². The molecule has 0 spiro atoms. The van der Waals surface area contributed by atoms with Crippen LogP contribution in [0.15, 0.2) is 24.3 Å². The minimum absolute atomic E-state index is 0.184. The first-order valence-electron chi connectivity index (χ1n) is 8.36. The van der Waals surface area contributed by atoms with Gasteiger partial charge in [-0.3, -0.25) is 4.79 Å². The minimum Gasteiger partial charge on any atom is -0.381 e. The fourth-order valence-electron chi connectivity index (χ4n) is 3.57. The number of rotatable bonds is 5. The predicted molar refractivity (Wildman–Crippen MR) is 86.0 cm³/mol. The average Bonchev–Trinajstić information content (AvgIpc) is 3.44. The Morgan fingerprint density at radius 2 is 2.00 bits per heavy atom. The summed E-state index contributed by atoms with van der Waals surface area (Å²) in [5, 5.41) is 0.758. The molecule has 0 aromatic heterocycles. The van der Waals surface area contributed by atoms with Crippen molar-refractivity contribution < 1.29 is 9.53 Å². The highest BCUT2D eigenvalue weighted by molar-refractivity contribution is 6.30. The maximum absolute atomic E-state index is 12.9. The van der Waals surface area contributed by atoms with Crippen molar-refractivity contribution >= 4 is 17.5 Å². The molecule has 0 N–H and O–H groups in total. The van der Waals surface area contributed by atoms with Gasteiger partial charge >= 0.3 is 0 Å². The molecule has 3 fully saturated rings. The van der Waals surface area contributed by atoms with Crippen molar-refractivity contribution in [3.05, 3.63) is 34.9 Å². The first-order valence-corrected chi connectivity index (χ1v) is 8.74. The molecule has 22 heavy (non-hydrogen) atoms. The molecule has 3 nitrogen and oxygen atoms in total. The Balaban J connectivity index is 1.40. The van der Waals surface area contributed by atoms with E-state index < -0.39 is 0 Å². The van der Waals surface area contributed by atoms with Crippen LogP contribution in [-0.4, -0.2) is 36.6 Å². The quantitative estimate of drug-likeness (QED) is 0.831. The molecule has 1 amide bonds. The van der Waals surface area contributed by atoms with E-state index in [4.69, 9.17) is 16.3 Å². The zero-order valence-electron chi connectivity index (χ0n) is 12.7. The molecule has 3 atom stereocenters. The zero-order valence-corrected chi connectivity index (χ0v) is 13.5. The molecule has 1 heterocycles. The maximum atomic E-state index is 12.9. The standard InChI is InChI=1S/C18H22ClNO2/c19-14-3-1-13(2-4-14)16-9-17(16)18(21)20(15-5-6-15)10-12-7-8-22-11-12/h1-4,12,15-17H,5-11H2/t12-,16+,17+/m0/s1. The number of halogens is 1. The third-order valence-electron chi connectivity index (χ3n) is 5.16. The fraction of sp³-hybridized carbons (Fsp3) is 0.611. The van der Waals surface area contributed by atoms with E-state index in [0.717, 1.165) is 37.6 Å². The number of hydrogen-bond acceptors (Lipinski definition) is 2. The van der Waals surface area contributed by atoms with Gasteiger partial charge in [0.25, 0.3) is 0 Å². The van der Waals surface area contributed by atoms with Gasteiger partial charge in [-0.2, -0.15) is 0 Å². The van der Waals surface area contributed by atoms with Gasteiger partial charge in [0.1, 0.15) is 0 Å². The van der Waals surface area contributed by atoms with Crippen molar-refractivity contribution in [3.8, 4) is 0 Å². The van der Waals surface area contributed by atoms with Gasteiger partial charge in [0.05, 0.1) is 6.61 Å². The largest absolute Gasteiger partial charge is 0.381 e. The molecular weight excluding hydrogens is 298 g/mol. The molecule has 1 aromatic rings. The van der Waals surface area contributed by atoms with Crippen LogP contribution in [0.2, 0.25) is 5.02 Å². The Labute approximate surface area is 136 Å². The second-order valence-corrected chi connectivity index (χ2v) is 7.39. The van der Waals surface area contributed by atoms with Gasteiger partial charge in [0, 0.05) is 36.1 Å². The smallest absolute Gasteiger partial charge is 0.226 e. The summed E-state index contributed by atoms with van der Waals surface area (Å²) in [7, 11) is 0. The van der Waals surface area contributed by atoms with Gasteiger partial charge in [-0.1, -0.05) is 23.7 Å². The molecule has 2 aliphatic carbocycles. The summed E-state index contributed by atoms with van der Waals surface area (Å²) < 4.78 is 5.47. The second-order valence-electron chi connectivity index (χ2n) is 6.95. The van der Waals surface area contributed by atoms with E-state index in [-0.39, 0.29) is 5.92 Å². The summed E-state index contributed by atoms with van der Waals surface area (Å²) in [6.07, 6.45) is 4.45. The molecule has 2 saturated carbocycles. The normalized spacial score (nSPS) is 30.3. The predicted octanol–water partition coefficient (Wildman–Crippen LogP) is 3.47. The van der Waals surface area contributed by atoms with E-state index in [0.29, 0.717) is 23.8 Å². The van der Waals surface area contributed by atoms with Crippen molar-refractivity contribution in [2.24, 2.45) is 11.8 Å². The number of carbonyl (C=O) groups excluding carboxylic acids is 1. The van der Waals surface area contributed by atoms with Gasteiger partial charge in [0.15, 0.2) is 0 Å². The van der Waals surface area contributed by atoms with E-state index in [2.05, 4.69) is 17.0 Å². The highest BCUT2D eigenvalue weighted by Gasteiger charge is 2.48. The van der Waals surface area contributed by atoms with Crippen LogP contribution in [0, 0.1) is 11.8 Å². The number of hydrogen-bond donors (Lipinski definition) is 0. The summed E-state index contributed by atoms with van der Waals surface area (Å²) in [5.41, 5.74) is 1.25. The molecular formula is C18H22ClNO2. The van der Waals surface area contributed by atoms with E-state index >= 15 is 0 Å². The van der Waals surface area contributed by atoms with Gasteiger partial charge in [-0.25, -0.2) is 0 Å². The molecule has 0 unspecified atom stereocenters. The van der Waals surface area contributed by atoms with E-state index in [1.165, 1.54) is 18.4 Å². The molecule has 1 saturated heterocycles. The van der Waals surface area contributed by atoms with Crippen molar-refractivity contribution in [2.45, 2.75) is 37.6 Å². The maximum Gasteiger partial charge on any atom is 0.226 e. The lowest BCUT2D eigenvalue weighted by Gasteiger charge is -2.25. The van der Waals surface area contributed by atoms with Crippen molar-refractivity contribution in [1.82, 2.24) is 4.90 Å². The topological polar surface area (TPSA) is 29.5 Å². The Kier molecular flexibility index (Phi) is 3.87. The van der Waals surface area contributed by atoms with Crippen LogP contribution in [0.3, 0.4) is 0 Å². The van der Waals surface area contributed by atoms with Gasteiger partial charge < -0.3 is 9.64 Å². The fourth-order valence-corrected chi connectivity index (χ4v) is 3.70. The highest BCUT2D eigenvalue weighted by Crippen LogP contribution is 2.49. The molecule has 0 bridgehead atoms. The number of amides is 1. The number of carbonyl (C=O) groups is 1. The molecule has 0 radical (unpaired) electrons. The van der Waals surface area contributed by atoms with Crippen LogP contribution in [0.1, 0.15) is 37.2 Å². The molecule has 4 rings (SSSR count). The minimum atomic E-state index is 0.184. The third-order valence-corrected chi connectivity index (χ3v) is 5.41. The third kappa shape index (κ3) is 3.02. The van der Waals surface area contributed by atoms with E-state index in [9.17, 15) is 4.79 Å². The molecule has 3 aliphatic rings. The Bertz CT molecular complexity index is 549. The zero-order chi connectivity index (χ0) is 15.1. The monoisotopic (exact) mass is 319 g/mol. The van der Waals surface area contributed by atoms with E-state index in [1.807, 2.05) is 12.1 Å². The van der Waals surface area contributed by atoms with Gasteiger partial charge in [-0.15, -0.1) is 0 Å². The SMILES string of the molecule is O=C([C@@H]1C[C@@H]1c1ccc(Cl)cc1)N(C[C@@H]1CCOC1)C1CC1. The molecule has 1 aliphatic heterocycles. The van der Waals surface area contributed by atoms with Gasteiger partial charge in [0.2, 0.25) is 5.91 Å². The second kappa shape index (κ2) is 5.86. The molecule has 4 heteroatoms. The molecule has 118 valence electrons. The Morgan fingerprint density at radius 3 is 2.64 bits per heavy atom. The van der Waals surface area contributed by atoms with E-state index in [1.54, 1.807) is 0 Å². The van der Waals surface area contributed by atoms with Crippen molar-refractivity contribution in [3.63, 3.8) is 0 Å². The van der Waals surface area contributed by atoms with Crippen molar-refractivity contribution in [2.75, 3.05) is 19.8 Å². The van der Waals surface area contributed by atoms with Crippen LogP contribution in [0.5, 0.6) is 0 Å². The lowest BCUT2D eigenvalue weighted by atomic mass is 10.1. The lowest BCUT2D eigenvalue weighted by Crippen LogP contribution is -2.38. The first kappa shape index (κ1) is 14.5. The summed E-state index contributed by atoms with van der Waals surface area (Å²) in [6, 6.07) is 8.47. The van der Waals surface area contributed by atoms with Crippen LogP contribution >= 0.6 is 11.6 Å². The average molecular weight is 320 g/mol. The summed E-state index contributed by atoms with van der Waals surface area (Å²) in [5.74, 6) is 1.49. The number of ether oxygens (including phenoxy) is 1. The highest BCUT2D eigenvalue weighted by atomic mass is 35.5. The Hall–Kier alpha value is -1.06. The van der Waals surface area contributed by atoms with Crippen LogP contribution in [0.25, 0.3) is 0 Å². The van der Waals surface area contributed by atoms with Crippen LogP contribution < -0.4 is 0 Å². The number of nitrogens with zero attached hydrogens (tertiary/aromatic N) is 1. The van der Waals surface area contributed by atoms with Crippen LogP contribution in [-0.2, 0) is 9.53 Å². The van der Waals surface area contributed by atoms with Gasteiger partial charge in [-0.05, 0) is 49.3 Å². The summed E-state index contributed by atoms with van der Waals surface area (Å²) in [6.45, 7) is 2.57. The lowest BCUT2D eigenvalue weighted by molar-refractivity contribution is -0.134. The first-order chi connectivity index (χ1) is 10.7. The summed E-state index contributed by atoms with van der Waals surface area (Å²) in [4.78, 5) is 15.1. The Morgan fingerprint density at radius 1 is 1.23 bits per heavy atom. The molecule has 1 aromatic carbocycles. The van der Waals surface area contributed by atoms with Crippen molar-refractivity contribution in [1.29, 1.82) is 0 Å².